The highest BCUT2D eigenvalue weighted by Crippen LogP contribution is 2.25. The van der Waals surface area contributed by atoms with Crippen LogP contribution in [0.2, 0.25) is 0 Å². The third-order valence-corrected chi connectivity index (χ3v) is 4.17. The van der Waals surface area contributed by atoms with E-state index in [1.54, 1.807) is 47.8 Å². The van der Waals surface area contributed by atoms with Crippen molar-refractivity contribution in [3.63, 3.8) is 0 Å². The molecule has 18 heavy (non-hydrogen) atoms. The Morgan fingerprint density at radius 1 is 1.44 bits per heavy atom. The number of thioether (sulfide) groups is 1. The molecule has 1 N–H and O–H groups in total. The Labute approximate surface area is 112 Å². The van der Waals surface area contributed by atoms with Gasteiger partial charge in [-0.1, -0.05) is 11.8 Å². The van der Waals surface area contributed by atoms with Gasteiger partial charge in [0.25, 0.3) is 0 Å². The number of nitrogens with zero attached hydrogens (tertiary/aromatic N) is 2. The number of carboxylic acids is 1. The van der Waals surface area contributed by atoms with Crippen molar-refractivity contribution >= 4 is 35.1 Å². The molecule has 4 nitrogen and oxygen atoms in total. The van der Waals surface area contributed by atoms with E-state index in [9.17, 15) is 4.79 Å². The lowest BCUT2D eigenvalue weighted by Crippen LogP contribution is -1.84. The van der Waals surface area contributed by atoms with Gasteiger partial charge in [-0.25, -0.2) is 9.78 Å². The van der Waals surface area contributed by atoms with E-state index in [2.05, 4.69) is 9.97 Å². The lowest BCUT2D eigenvalue weighted by molar-refractivity contribution is -0.131. The molecule has 2 rings (SSSR count). The minimum absolute atomic E-state index is 0.810. The first-order chi connectivity index (χ1) is 8.74. The van der Waals surface area contributed by atoms with Crippen LogP contribution in [0.1, 0.15) is 9.75 Å². The molecule has 0 unspecified atom stereocenters. The van der Waals surface area contributed by atoms with Gasteiger partial charge in [0.1, 0.15) is 5.03 Å². The second-order valence-electron chi connectivity index (χ2n) is 3.31. The molecule has 0 fully saturated rings. The average molecular weight is 278 g/mol. The third kappa shape index (κ3) is 3.97. The molecule has 0 aromatic carbocycles. The van der Waals surface area contributed by atoms with Gasteiger partial charge in [-0.2, -0.15) is 0 Å². The summed E-state index contributed by atoms with van der Waals surface area (Å²) in [5.74, 6) is -0.122. The molecule has 0 aliphatic rings. The first kappa shape index (κ1) is 12.8. The Morgan fingerprint density at radius 3 is 3.06 bits per heavy atom. The van der Waals surface area contributed by atoms with Crippen LogP contribution in [0, 0.1) is 0 Å². The van der Waals surface area contributed by atoms with Crippen LogP contribution >= 0.6 is 23.1 Å². The second kappa shape index (κ2) is 6.32. The van der Waals surface area contributed by atoms with Crippen LogP contribution in [0.5, 0.6) is 0 Å². The van der Waals surface area contributed by atoms with Gasteiger partial charge in [0.15, 0.2) is 0 Å². The average Bonchev–Trinajstić information content (AvgIpc) is 2.83. The van der Waals surface area contributed by atoms with E-state index in [1.165, 1.54) is 4.88 Å². The molecule has 0 saturated heterocycles. The standard InChI is InChI=1S/C12H10N2O2S2/c15-12(16)4-3-9-1-2-10(18-9)8-17-11-7-13-5-6-14-11/h1-7H,8H2,(H,15,16). The molecule has 0 atom stereocenters. The smallest absolute Gasteiger partial charge is 0.328 e. The Hall–Kier alpha value is -1.66. The molecule has 2 aromatic heterocycles. The lowest BCUT2D eigenvalue weighted by Gasteiger charge is -1.96. The zero-order valence-corrected chi connectivity index (χ0v) is 10.9. The Morgan fingerprint density at radius 2 is 2.33 bits per heavy atom. The zero-order valence-electron chi connectivity index (χ0n) is 9.31. The topological polar surface area (TPSA) is 63.1 Å². The Kier molecular flexibility index (Phi) is 4.49. The van der Waals surface area contributed by atoms with Crippen molar-refractivity contribution in [2.75, 3.05) is 0 Å². The van der Waals surface area contributed by atoms with E-state index in [-0.39, 0.29) is 0 Å². The van der Waals surface area contributed by atoms with Gasteiger partial charge in [0.2, 0.25) is 0 Å². The van der Waals surface area contributed by atoms with Crippen LogP contribution < -0.4 is 0 Å². The molecule has 0 aliphatic heterocycles. The largest absolute Gasteiger partial charge is 0.478 e. The number of aliphatic carboxylic acids is 1. The van der Waals surface area contributed by atoms with Gasteiger partial charge < -0.3 is 5.11 Å². The van der Waals surface area contributed by atoms with Crippen molar-refractivity contribution in [1.29, 1.82) is 0 Å². The van der Waals surface area contributed by atoms with Gasteiger partial charge in [0, 0.05) is 34.0 Å². The summed E-state index contributed by atoms with van der Waals surface area (Å²) in [6, 6.07) is 3.91. The number of thiophene rings is 1. The first-order valence-corrected chi connectivity index (χ1v) is 6.93. The predicted octanol–water partition coefficient (Wildman–Crippen LogP) is 2.93. The summed E-state index contributed by atoms with van der Waals surface area (Å²) < 4.78 is 0. The highest BCUT2D eigenvalue weighted by molar-refractivity contribution is 7.98. The number of carbonyl (C=O) groups is 1. The van der Waals surface area contributed by atoms with Gasteiger partial charge >= 0.3 is 5.97 Å². The second-order valence-corrected chi connectivity index (χ2v) is 5.50. The van der Waals surface area contributed by atoms with Gasteiger partial charge in [-0.05, 0) is 18.2 Å². The summed E-state index contributed by atoms with van der Waals surface area (Å²) in [4.78, 5) is 20.7. The number of hydrogen-bond donors (Lipinski definition) is 1. The van der Waals surface area contributed by atoms with E-state index < -0.39 is 5.97 Å². The van der Waals surface area contributed by atoms with Crippen LogP contribution in [0.4, 0.5) is 0 Å². The molecule has 0 aliphatic carbocycles. The van der Waals surface area contributed by atoms with Crippen molar-refractivity contribution in [1.82, 2.24) is 9.97 Å². The maximum atomic E-state index is 10.4. The summed E-state index contributed by atoms with van der Waals surface area (Å²) in [6.45, 7) is 0. The fourth-order valence-corrected chi connectivity index (χ4v) is 3.00. The molecular weight excluding hydrogens is 268 g/mol. The Balaban J connectivity index is 1.93. The minimum atomic E-state index is -0.932. The normalized spacial score (nSPS) is 10.9. The molecule has 92 valence electrons. The van der Waals surface area contributed by atoms with Crippen molar-refractivity contribution in [2.24, 2.45) is 0 Å². The highest BCUT2D eigenvalue weighted by atomic mass is 32.2. The quantitative estimate of drug-likeness (QED) is 0.673. The zero-order chi connectivity index (χ0) is 12.8. The van der Waals surface area contributed by atoms with Crippen LogP contribution in [0.25, 0.3) is 6.08 Å². The van der Waals surface area contributed by atoms with E-state index in [4.69, 9.17) is 5.11 Å². The molecule has 2 heterocycles. The highest BCUT2D eigenvalue weighted by Gasteiger charge is 2.01. The number of carboxylic acid groups (broad SMARTS) is 1. The number of aromatic nitrogens is 2. The molecule has 2 aromatic rings. The SMILES string of the molecule is O=C(O)C=Cc1ccc(CSc2cnccn2)s1. The summed E-state index contributed by atoms with van der Waals surface area (Å²) >= 11 is 3.18. The molecule has 0 bridgehead atoms. The fraction of sp³-hybridized carbons (Fsp3) is 0.0833. The van der Waals surface area contributed by atoms with Crippen LogP contribution in [0.3, 0.4) is 0 Å². The molecule has 0 radical (unpaired) electrons. The molecule has 0 saturated carbocycles. The summed E-state index contributed by atoms with van der Waals surface area (Å²) in [6.07, 6.45) is 7.78. The predicted molar refractivity (Wildman–Crippen MR) is 72.6 cm³/mol. The van der Waals surface area contributed by atoms with Crippen molar-refractivity contribution < 1.29 is 9.90 Å². The van der Waals surface area contributed by atoms with Crippen LogP contribution in [-0.4, -0.2) is 21.0 Å². The maximum Gasteiger partial charge on any atom is 0.328 e. The van der Waals surface area contributed by atoms with E-state index in [0.29, 0.717) is 0 Å². The third-order valence-electron chi connectivity index (χ3n) is 1.97. The molecule has 6 heteroatoms. The monoisotopic (exact) mass is 278 g/mol. The van der Waals surface area contributed by atoms with Crippen LogP contribution in [0.15, 0.2) is 41.8 Å². The Bertz CT molecular complexity index is 552. The lowest BCUT2D eigenvalue weighted by atomic mass is 10.4. The molecule has 0 amide bonds. The van der Waals surface area contributed by atoms with Crippen molar-refractivity contribution in [2.45, 2.75) is 10.8 Å². The first-order valence-electron chi connectivity index (χ1n) is 5.12. The summed E-state index contributed by atoms with van der Waals surface area (Å²) in [5.41, 5.74) is 0. The van der Waals surface area contributed by atoms with E-state index in [0.717, 1.165) is 21.7 Å². The van der Waals surface area contributed by atoms with Crippen LogP contribution in [-0.2, 0) is 10.5 Å². The van der Waals surface area contributed by atoms with Gasteiger partial charge in [-0.15, -0.1) is 11.3 Å². The summed E-state index contributed by atoms with van der Waals surface area (Å²) in [5, 5.41) is 9.42. The summed E-state index contributed by atoms with van der Waals surface area (Å²) in [7, 11) is 0. The van der Waals surface area contributed by atoms with E-state index >= 15 is 0 Å². The van der Waals surface area contributed by atoms with Crippen molar-refractivity contribution in [3.05, 3.63) is 46.6 Å². The molecular formula is C12H10N2O2S2. The number of rotatable bonds is 5. The fourth-order valence-electron chi connectivity index (χ4n) is 1.22. The maximum absolute atomic E-state index is 10.4. The van der Waals surface area contributed by atoms with Crippen molar-refractivity contribution in [3.8, 4) is 0 Å². The minimum Gasteiger partial charge on any atom is -0.478 e. The van der Waals surface area contributed by atoms with Gasteiger partial charge in [-0.3, -0.25) is 4.98 Å². The molecule has 0 spiro atoms. The van der Waals surface area contributed by atoms with E-state index in [1.807, 2.05) is 12.1 Å². The number of hydrogen-bond acceptors (Lipinski definition) is 5. The van der Waals surface area contributed by atoms with Gasteiger partial charge in [0.05, 0.1) is 6.20 Å².